The Kier molecular flexibility index (Phi) is 4.75. The van der Waals surface area contributed by atoms with Crippen LogP contribution < -0.4 is 9.86 Å². The summed E-state index contributed by atoms with van der Waals surface area (Å²) in [7, 11) is -7.45. The topological polar surface area (TPSA) is 106 Å². The summed E-state index contributed by atoms with van der Waals surface area (Å²) >= 11 is 5.87. The molecule has 0 atom stereocenters. The van der Waals surface area contributed by atoms with Gasteiger partial charge in [0, 0.05) is 0 Å². The van der Waals surface area contributed by atoms with Crippen molar-refractivity contribution in [2.75, 3.05) is 10.5 Å². The number of halogens is 1. The first-order valence-electron chi connectivity index (χ1n) is 5.63. The predicted molar refractivity (Wildman–Crippen MR) is 79.7 cm³/mol. The van der Waals surface area contributed by atoms with Crippen LogP contribution in [0.2, 0.25) is 5.02 Å². The Balaban J connectivity index is 3.07. The third-order valence-electron chi connectivity index (χ3n) is 2.16. The van der Waals surface area contributed by atoms with Crippen molar-refractivity contribution >= 4 is 37.3 Å². The fraction of sp³-hybridized carbons (Fsp3) is 0.455. The Bertz CT molecular complexity index is 706. The van der Waals surface area contributed by atoms with Gasteiger partial charge in [-0.1, -0.05) is 32.4 Å². The molecule has 0 saturated carbocycles. The highest BCUT2D eigenvalue weighted by Crippen LogP contribution is 2.27. The van der Waals surface area contributed by atoms with E-state index < -0.39 is 25.5 Å². The zero-order valence-electron chi connectivity index (χ0n) is 11.3. The molecule has 3 N–H and O–H groups in total. The van der Waals surface area contributed by atoms with Crippen molar-refractivity contribution in [2.24, 2.45) is 10.6 Å². The minimum absolute atomic E-state index is 0.0333. The van der Waals surface area contributed by atoms with Gasteiger partial charge < -0.3 is 0 Å². The van der Waals surface area contributed by atoms with E-state index in [0.717, 1.165) is 6.07 Å². The summed E-state index contributed by atoms with van der Waals surface area (Å²) in [4.78, 5) is -0.179. The standard InChI is InChI=1S/C11H17ClN2O4S2/c1-11(2,3)7-19(15,16)14-10-5-4-8(6-9(10)12)20(13,17)18/h4-6,14H,7H2,1-3H3,(H2,13,17,18). The molecule has 0 unspecified atom stereocenters. The molecule has 1 rings (SSSR count). The van der Waals surface area contributed by atoms with Gasteiger partial charge in [-0.05, 0) is 23.6 Å². The van der Waals surface area contributed by atoms with Gasteiger partial charge in [0.15, 0.2) is 0 Å². The largest absolute Gasteiger partial charge is 0.282 e. The third-order valence-corrected chi connectivity index (χ3v) is 5.16. The number of hydrogen-bond acceptors (Lipinski definition) is 4. The van der Waals surface area contributed by atoms with Crippen molar-refractivity contribution in [1.82, 2.24) is 0 Å². The van der Waals surface area contributed by atoms with Gasteiger partial charge in [0.2, 0.25) is 20.0 Å². The van der Waals surface area contributed by atoms with Gasteiger partial charge in [-0.25, -0.2) is 22.0 Å². The molecule has 9 heteroatoms. The molecule has 0 radical (unpaired) electrons. The molecule has 1 aromatic carbocycles. The molecule has 0 fully saturated rings. The van der Waals surface area contributed by atoms with Crippen molar-refractivity contribution < 1.29 is 16.8 Å². The molecular weight excluding hydrogens is 324 g/mol. The first-order valence-corrected chi connectivity index (χ1v) is 9.21. The molecule has 0 heterocycles. The predicted octanol–water partition coefficient (Wildman–Crippen LogP) is 1.78. The van der Waals surface area contributed by atoms with Gasteiger partial charge in [0.1, 0.15) is 0 Å². The van der Waals surface area contributed by atoms with E-state index in [1.54, 1.807) is 20.8 Å². The molecule has 6 nitrogen and oxygen atoms in total. The number of anilines is 1. The second kappa shape index (κ2) is 5.51. The average molecular weight is 341 g/mol. The van der Waals surface area contributed by atoms with Gasteiger partial charge in [0.05, 0.1) is 21.4 Å². The molecular formula is C11H17ClN2O4S2. The van der Waals surface area contributed by atoms with Gasteiger partial charge in [-0.2, -0.15) is 0 Å². The number of sulfonamides is 2. The monoisotopic (exact) mass is 340 g/mol. The lowest BCUT2D eigenvalue weighted by molar-refractivity contribution is 0.463. The van der Waals surface area contributed by atoms with E-state index in [9.17, 15) is 16.8 Å². The SMILES string of the molecule is CC(C)(C)CS(=O)(=O)Nc1ccc(S(N)(=O)=O)cc1Cl. The molecule has 0 amide bonds. The van der Waals surface area contributed by atoms with Crippen LogP contribution >= 0.6 is 11.6 Å². The van der Waals surface area contributed by atoms with Crippen LogP contribution in [0.4, 0.5) is 5.69 Å². The number of nitrogens with one attached hydrogen (secondary N) is 1. The number of rotatable bonds is 4. The Labute approximate surface area is 124 Å². The van der Waals surface area contributed by atoms with Crippen LogP contribution in [0.15, 0.2) is 23.1 Å². The lowest BCUT2D eigenvalue weighted by Gasteiger charge is -2.19. The maximum absolute atomic E-state index is 11.9. The number of nitrogens with two attached hydrogens (primary N) is 1. The van der Waals surface area contributed by atoms with Gasteiger partial charge >= 0.3 is 0 Å². The molecule has 0 aliphatic heterocycles. The first kappa shape index (κ1) is 17.2. The molecule has 114 valence electrons. The summed E-state index contributed by atoms with van der Waals surface area (Å²) in [6, 6.07) is 3.56. The summed E-state index contributed by atoms with van der Waals surface area (Å²) in [5.41, 5.74) is -0.304. The average Bonchev–Trinajstić information content (AvgIpc) is 2.15. The fourth-order valence-corrected chi connectivity index (χ4v) is 4.14. The first-order chi connectivity index (χ1) is 8.80. The van der Waals surface area contributed by atoms with Crippen molar-refractivity contribution in [2.45, 2.75) is 25.7 Å². The highest BCUT2D eigenvalue weighted by molar-refractivity contribution is 7.92. The third kappa shape index (κ3) is 5.28. The Morgan fingerprint density at radius 2 is 1.75 bits per heavy atom. The molecule has 0 spiro atoms. The fourth-order valence-electron chi connectivity index (χ4n) is 1.53. The summed E-state index contributed by atoms with van der Waals surface area (Å²) in [5, 5.41) is 4.93. The highest BCUT2D eigenvalue weighted by Gasteiger charge is 2.22. The van der Waals surface area contributed by atoms with Crippen molar-refractivity contribution in [1.29, 1.82) is 0 Å². The van der Waals surface area contributed by atoms with E-state index >= 15 is 0 Å². The minimum atomic E-state index is -3.88. The summed E-state index contributed by atoms with van der Waals surface area (Å²) in [6.07, 6.45) is 0. The van der Waals surface area contributed by atoms with Crippen molar-refractivity contribution in [3.63, 3.8) is 0 Å². The van der Waals surface area contributed by atoms with Crippen LogP contribution in [-0.4, -0.2) is 22.6 Å². The van der Waals surface area contributed by atoms with E-state index in [0.29, 0.717) is 0 Å². The van der Waals surface area contributed by atoms with Gasteiger partial charge in [-0.15, -0.1) is 0 Å². The van der Waals surface area contributed by atoms with Crippen molar-refractivity contribution in [3.05, 3.63) is 23.2 Å². The van der Waals surface area contributed by atoms with Crippen LogP contribution in [-0.2, 0) is 20.0 Å². The van der Waals surface area contributed by atoms with Crippen LogP contribution in [0.3, 0.4) is 0 Å². The molecule has 0 saturated heterocycles. The lowest BCUT2D eigenvalue weighted by Crippen LogP contribution is -2.26. The molecule has 0 bridgehead atoms. The second-order valence-electron chi connectivity index (χ2n) is 5.61. The molecule has 0 aliphatic carbocycles. The quantitative estimate of drug-likeness (QED) is 0.871. The Morgan fingerprint density at radius 3 is 2.15 bits per heavy atom. The zero-order valence-corrected chi connectivity index (χ0v) is 13.7. The van der Waals surface area contributed by atoms with E-state index in [-0.39, 0.29) is 21.4 Å². The number of hydrogen-bond donors (Lipinski definition) is 2. The maximum Gasteiger partial charge on any atom is 0.238 e. The molecule has 1 aromatic rings. The van der Waals surface area contributed by atoms with E-state index in [1.807, 2.05) is 0 Å². The minimum Gasteiger partial charge on any atom is -0.282 e. The van der Waals surface area contributed by atoms with E-state index in [4.69, 9.17) is 16.7 Å². The summed E-state index contributed by atoms with van der Waals surface area (Å²) < 4.78 is 48.5. The maximum atomic E-state index is 11.9. The van der Waals surface area contributed by atoms with Gasteiger partial charge in [-0.3, -0.25) is 4.72 Å². The zero-order chi connectivity index (χ0) is 15.8. The highest BCUT2D eigenvalue weighted by atomic mass is 35.5. The van der Waals surface area contributed by atoms with E-state index in [2.05, 4.69) is 4.72 Å². The van der Waals surface area contributed by atoms with Gasteiger partial charge in [0.25, 0.3) is 0 Å². The Morgan fingerprint density at radius 1 is 1.20 bits per heavy atom. The van der Waals surface area contributed by atoms with Crippen LogP contribution in [0.5, 0.6) is 0 Å². The van der Waals surface area contributed by atoms with Crippen LogP contribution in [0.25, 0.3) is 0 Å². The number of primary sulfonamides is 1. The second-order valence-corrected chi connectivity index (χ2v) is 9.30. The lowest BCUT2D eigenvalue weighted by atomic mass is 10.0. The molecule has 0 aromatic heterocycles. The molecule has 0 aliphatic rings. The van der Waals surface area contributed by atoms with E-state index in [1.165, 1.54) is 12.1 Å². The smallest absolute Gasteiger partial charge is 0.238 e. The summed E-state index contributed by atoms with van der Waals surface area (Å²) in [6.45, 7) is 5.37. The van der Waals surface area contributed by atoms with Crippen LogP contribution in [0.1, 0.15) is 20.8 Å². The number of benzene rings is 1. The normalized spacial score (nSPS) is 13.2. The van der Waals surface area contributed by atoms with Crippen LogP contribution in [0, 0.1) is 5.41 Å². The summed E-state index contributed by atoms with van der Waals surface area (Å²) in [5.74, 6) is -0.0900. The van der Waals surface area contributed by atoms with Crippen molar-refractivity contribution in [3.8, 4) is 0 Å². The molecule has 20 heavy (non-hydrogen) atoms. The Hall–Kier alpha value is -0.830.